The Bertz CT molecular complexity index is 317. The molecule has 0 spiro atoms. The Hall–Kier alpha value is -0.930. The van der Waals surface area contributed by atoms with Crippen molar-refractivity contribution in [2.45, 2.75) is 32.4 Å². The smallest absolute Gasteiger partial charge is 0.123 e. The van der Waals surface area contributed by atoms with Gasteiger partial charge in [-0.3, -0.25) is 0 Å². The van der Waals surface area contributed by atoms with Gasteiger partial charge in [0, 0.05) is 12.6 Å². The van der Waals surface area contributed by atoms with Gasteiger partial charge in [0.15, 0.2) is 0 Å². The monoisotopic (exact) mass is 225 g/mol. The maximum Gasteiger partial charge on any atom is 0.123 e. The third-order valence-corrected chi connectivity index (χ3v) is 2.71. The molecule has 1 aromatic carbocycles. The fraction of sp³-hybridized carbons (Fsp3) is 0.538. The zero-order valence-electron chi connectivity index (χ0n) is 10.2. The summed E-state index contributed by atoms with van der Waals surface area (Å²) < 4.78 is 18.6. The highest BCUT2D eigenvalue weighted by Crippen LogP contribution is 2.10. The largest absolute Gasteiger partial charge is 0.377 e. The predicted octanol–water partition coefficient (Wildman–Crippen LogP) is 2.38. The number of hydrogen-bond donors (Lipinski definition) is 1. The lowest BCUT2D eigenvalue weighted by atomic mass is 10.0. The van der Waals surface area contributed by atoms with Crippen molar-refractivity contribution >= 4 is 0 Å². The molecule has 0 bridgehead atoms. The fourth-order valence-corrected chi connectivity index (χ4v) is 1.80. The SMILES string of the molecule is CCOC(C)C(Cc1cccc(F)c1)NC. The second-order valence-electron chi connectivity index (χ2n) is 3.89. The van der Waals surface area contributed by atoms with Crippen LogP contribution in [0, 0.1) is 5.82 Å². The Kier molecular flexibility index (Phi) is 5.43. The molecule has 0 aliphatic rings. The maximum absolute atomic E-state index is 13.0. The summed E-state index contributed by atoms with van der Waals surface area (Å²) in [5.74, 6) is -0.184. The first-order chi connectivity index (χ1) is 7.67. The summed E-state index contributed by atoms with van der Waals surface area (Å²) in [6.07, 6.45) is 0.897. The van der Waals surface area contributed by atoms with Gasteiger partial charge in [-0.25, -0.2) is 4.39 Å². The van der Waals surface area contributed by atoms with Crippen molar-refractivity contribution in [3.05, 3.63) is 35.6 Å². The number of rotatable bonds is 6. The van der Waals surface area contributed by atoms with Crippen LogP contribution >= 0.6 is 0 Å². The van der Waals surface area contributed by atoms with E-state index in [2.05, 4.69) is 5.32 Å². The van der Waals surface area contributed by atoms with E-state index < -0.39 is 0 Å². The molecule has 90 valence electrons. The maximum atomic E-state index is 13.0. The van der Waals surface area contributed by atoms with E-state index in [1.165, 1.54) is 6.07 Å². The van der Waals surface area contributed by atoms with Gasteiger partial charge in [-0.05, 0) is 45.0 Å². The molecule has 16 heavy (non-hydrogen) atoms. The van der Waals surface area contributed by atoms with Gasteiger partial charge in [0.1, 0.15) is 5.82 Å². The van der Waals surface area contributed by atoms with Gasteiger partial charge in [-0.2, -0.15) is 0 Å². The highest BCUT2D eigenvalue weighted by molar-refractivity contribution is 5.17. The molecule has 0 aromatic heterocycles. The van der Waals surface area contributed by atoms with Crippen LogP contribution in [0.15, 0.2) is 24.3 Å². The first-order valence-electron chi connectivity index (χ1n) is 5.70. The lowest BCUT2D eigenvalue weighted by Crippen LogP contribution is -2.39. The molecule has 0 saturated heterocycles. The minimum absolute atomic E-state index is 0.123. The Morgan fingerprint density at radius 2 is 2.19 bits per heavy atom. The van der Waals surface area contributed by atoms with Gasteiger partial charge < -0.3 is 10.1 Å². The zero-order chi connectivity index (χ0) is 12.0. The van der Waals surface area contributed by atoms with Crippen molar-refractivity contribution in [2.24, 2.45) is 0 Å². The topological polar surface area (TPSA) is 21.3 Å². The standard InChI is InChI=1S/C13H20FNO/c1-4-16-10(2)13(15-3)9-11-6-5-7-12(14)8-11/h5-8,10,13,15H,4,9H2,1-3H3. The first-order valence-corrected chi connectivity index (χ1v) is 5.70. The molecule has 1 aromatic rings. The van der Waals surface area contributed by atoms with Gasteiger partial charge in [0.25, 0.3) is 0 Å². The van der Waals surface area contributed by atoms with Crippen LogP contribution in [-0.2, 0) is 11.2 Å². The molecule has 0 fully saturated rings. The summed E-state index contributed by atoms with van der Waals surface area (Å²) in [5, 5.41) is 3.21. The van der Waals surface area contributed by atoms with Crippen molar-refractivity contribution in [3.63, 3.8) is 0 Å². The average Bonchev–Trinajstić information content (AvgIpc) is 2.26. The molecule has 0 amide bonds. The van der Waals surface area contributed by atoms with Gasteiger partial charge >= 0.3 is 0 Å². The summed E-state index contributed by atoms with van der Waals surface area (Å²) in [6.45, 7) is 4.71. The highest BCUT2D eigenvalue weighted by atomic mass is 19.1. The van der Waals surface area contributed by atoms with E-state index in [0.29, 0.717) is 6.61 Å². The van der Waals surface area contributed by atoms with Gasteiger partial charge in [-0.15, -0.1) is 0 Å². The second-order valence-corrected chi connectivity index (χ2v) is 3.89. The molecule has 0 heterocycles. The Morgan fingerprint density at radius 3 is 2.75 bits per heavy atom. The predicted molar refractivity (Wildman–Crippen MR) is 64.0 cm³/mol. The first kappa shape index (κ1) is 13.1. The van der Waals surface area contributed by atoms with Crippen LogP contribution in [0.1, 0.15) is 19.4 Å². The molecule has 2 atom stereocenters. The van der Waals surface area contributed by atoms with Crippen LogP contribution in [0.4, 0.5) is 4.39 Å². The number of nitrogens with one attached hydrogen (secondary N) is 1. The quantitative estimate of drug-likeness (QED) is 0.802. The van der Waals surface area contributed by atoms with Crippen molar-refractivity contribution in [1.82, 2.24) is 5.32 Å². The molecule has 0 radical (unpaired) electrons. The molecule has 1 N–H and O–H groups in total. The fourth-order valence-electron chi connectivity index (χ4n) is 1.80. The molecule has 1 rings (SSSR count). The van der Waals surface area contributed by atoms with Crippen molar-refractivity contribution in [3.8, 4) is 0 Å². The molecular formula is C13H20FNO. The molecule has 0 aliphatic carbocycles. The summed E-state index contributed by atoms with van der Waals surface area (Å²) >= 11 is 0. The third-order valence-electron chi connectivity index (χ3n) is 2.71. The Balaban J connectivity index is 2.62. The van der Waals surface area contributed by atoms with E-state index in [1.54, 1.807) is 12.1 Å². The normalized spacial score (nSPS) is 14.8. The second kappa shape index (κ2) is 6.61. The van der Waals surface area contributed by atoms with Crippen molar-refractivity contribution < 1.29 is 9.13 Å². The Labute approximate surface area is 96.8 Å². The number of likely N-dealkylation sites (N-methyl/N-ethyl adjacent to an activating group) is 1. The van der Waals surface area contributed by atoms with Crippen LogP contribution < -0.4 is 5.32 Å². The molecule has 0 aliphatic heterocycles. The lowest BCUT2D eigenvalue weighted by molar-refractivity contribution is 0.0496. The summed E-state index contributed by atoms with van der Waals surface area (Å²) in [7, 11) is 1.90. The van der Waals surface area contributed by atoms with Crippen molar-refractivity contribution in [2.75, 3.05) is 13.7 Å². The van der Waals surface area contributed by atoms with Gasteiger partial charge in [0.05, 0.1) is 6.10 Å². The molecular weight excluding hydrogens is 205 g/mol. The van der Waals surface area contributed by atoms with Gasteiger partial charge in [0.2, 0.25) is 0 Å². The molecule has 3 heteroatoms. The number of benzene rings is 1. The van der Waals surface area contributed by atoms with Crippen molar-refractivity contribution in [1.29, 1.82) is 0 Å². The van der Waals surface area contributed by atoms with Crippen LogP contribution in [0.2, 0.25) is 0 Å². The highest BCUT2D eigenvalue weighted by Gasteiger charge is 2.15. The van der Waals surface area contributed by atoms with E-state index in [0.717, 1.165) is 12.0 Å². The zero-order valence-corrected chi connectivity index (χ0v) is 10.2. The third kappa shape index (κ3) is 3.91. The summed E-state index contributed by atoms with van der Waals surface area (Å²) in [6, 6.07) is 6.92. The Morgan fingerprint density at radius 1 is 1.44 bits per heavy atom. The summed E-state index contributed by atoms with van der Waals surface area (Å²) in [4.78, 5) is 0. The van der Waals surface area contributed by atoms with Crippen LogP contribution in [0.25, 0.3) is 0 Å². The van der Waals surface area contributed by atoms with Crippen LogP contribution in [0.5, 0.6) is 0 Å². The van der Waals surface area contributed by atoms with E-state index in [4.69, 9.17) is 4.74 Å². The van der Waals surface area contributed by atoms with E-state index >= 15 is 0 Å². The van der Waals surface area contributed by atoms with E-state index in [9.17, 15) is 4.39 Å². The number of hydrogen-bond acceptors (Lipinski definition) is 2. The molecule has 0 saturated carbocycles. The van der Waals surface area contributed by atoms with E-state index in [1.807, 2.05) is 27.0 Å². The number of ether oxygens (including phenoxy) is 1. The molecule has 2 nitrogen and oxygen atoms in total. The average molecular weight is 225 g/mol. The minimum Gasteiger partial charge on any atom is -0.377 e. The van der Waals surface area contributed by atoms with Gasteiger partial charge in [-0.1, -0.05) is 12.1 Å². The molecule has 2 unspecified atom stereocenters. The van der Waals surface area contributed by atoms with Crippen LogP contribution in [0.3, 0.4) is 0 Å². The number of halogens is 1. The lowest BCUT2D eigenvalue weighted by Gasteiger charge is -2.23. The van der Waals surface area contributed by atoms with Crippen LogP contribution in [-0.4, -0.2) is 25.8 Å². The summed E-state index contributed by atoms with van der Waals surface area (Å²) in [5.41, 5.74) is 0.992. The minimum atomic E-state index is -0.184. The van der Waals surface area contributed by atoms with E-state index in [-0.39, 0.29) is 18.0 Å².